The zero-order chi connectivity index (χ0) is 37.0. The molecule has 1 aromatic heterocycles. The van der Waals surface area contributed by atoms with Crippen LogP contribution < -0.4 is 21.5 Å². The molecule has 3 aromatic carbocycles. The Labute approximate surface area is 286 Å². The number of benzene rings is 3. The van der Waals surface area contributed by atoms with Crippen LogP contribution in [0.2, 0.25) is 0 Å². The minimum atomic E-state index is -5.08. The summed E-state index contributed by atoms with van der Waals surface area (Å²) >= 11 is 0. The maximum Gasteiger partial charge on any atom is 0.490 e. The van der Waals surface area contributed by atoms with Gasteiger partial charge in [0.05, 0.1) is 22.8 Å². The largest absolute Gasteiger partial charge is 0.494 e. The third-order valence-electron chi connectivity index (χ3n) is 8.04. The van der Waals surface area contributed by atoms with Crippen molar-refractivity contribution < 1.29 is 45.4 Å². The topological polar surface area (TPSA) is 178 Å². The minimum Gasteiger partial charge on any atom is -0.494 e. The average Bonchev–Trinajstić information content (AvgIpc) is 3.54. The van der Waals surface area contributed by atoms with E-state index in [1.54, 1.807) is 55.3 Å². The maximum absolute atomic E-state index is 15.5. The Morgan fingerprint density at radius 3 is 2.42 bits per heavy atom. The molecule has 2 heterocycles. The van der Waals surface area contributed by atoms with Gasteiger partial charge in [0.25, 0.3) is 0 Å². The number of carboxylic acids is 1. The number of fused-ring (bicyclic) bond motifs is 1. The van der Waals surface area contributed by atoms with Gasteiger partial charge in [-0.3, -0.25) is 4.79 Å². The Morgan fingerprint density at radius 2 is 1.78 bits per heavy atom. The summed E-state index contributed by atoms with van der Waals surface area (Å²) < 4.78 is 79.6. The summed E-state index contributed by atoms with van der Waals surface area (Å²) in [4.78, 5) is 29.3. The number of carbonyl (C=O) groups is 2. The summed E-state index contributed by atoms with van der Waals surface area (Å²) in [5.74, 6) is -2.94. The highest BCUT2D eigenvalue weighted by Gasteiger charge is 2.39. The van der Waals surface area contributed by atoms with Gasteiger partial charge in [-0.2, -0.15) is 13.2 Å². The van der Waals surface area contributed by atoms with Gasteiger partial charge in [-0.1, -0.05) is 0 Å². The highest BCUT2D eigenvalue weighted by atomic mass is 32.2. The molecule has 268 valence electrons. The highest BCUT2D eigenvalue weighted by molar-refractivity contribution is 7.92. The van der Waals surface area contributed by atoms with Crippen LogP contribution in [0.25, 0.3) is 10.8 Å². The van der Waals surface area contributed by atoms with E-state index < -0.39 is 51.0 Å². The van der Waals surface area contributed by atoms with Crippen molar-refractivity contribution in [2.75, 3.05) is 29.9 Å². The van der Waals surface area contributed by atoms with Gasteiger partial charge in [0.1, 0.15) is 23.4 Å². The molecule has 2 atom stereocenters. The number of nitrogens with one attached hydrogen (secondary N) is 1. The van der Waals surface area contributed by atoms with Crippen molar-refractivity contribution in [2.24, 2.45) is 0 Å². The lowest BCUT2D eigenvalue weighted by atomic mass is 10.00. The SMILES string of the molecule is CCOc1ccc(F)c([C@@H](Nc2ccc3c(N)nccc3c2)C(=O)N2CCC[C@H]2c2cc(N)ccc2S(=O)(=O)C(C)C)c1.O=C(O)C(F)(F)F. The van der Waals surface area contributed by atoms with Crippen molar-refractivity contribution >= 4 is 49.7 Å². The lowest BCUT2D eigenvalue weighted by Gasteiger charge is -2.32. The number of amides is 1. The fourth-order valence-corrected chi connectivity index (χ4v) is 6.88. The molecule has 6 N–H and O–H groups in total. The van der Waals surface area contributed by atoms with Gasteiger partial charge in [0.2, 0.25) is 5.91 Å². The lowest BCUT2D eigenvalue weighted by Crippen LogP contribution is -2.38. The number of hydrogen-bond acceptors (Lipinski definition) is 9. The van der Waals surface area contributed by atoms with Crippen molar-refractivity contribution in [3.05, 3.63) is 83.8 Å². The number of aromatic nitrogens is 1. The Hall–Kier alpha value is -5.12. The molecule has 5 rings (SSSR count). The van der Waals surface area contributed by atoms with Gasteiger partial charge in [-0.05, 0) is 105 Å². The fraction of sp³-hybridized carbons (Fsp3) is 0.324. The molecule has 4 aromatic rings. The fourth-order valence-electron chi connectivity index (χ4n) is 5.59. The minimum absolute atomic E-state index is 0.110. The molecule has 50 heavy (non-hydrogen) atoms. The number of aliphatic carboxylic acids is 1. The Balaban J connectivity index is 0.000000727. The molecule has 0 unspecified atom stereocenters. The Bertz CT molecular complexity index is 1990. The number of sulfone groups is 1. The number of nitrogen functional groups attached to an aromatic ring is 2. The number of hydrogen-bond donors (Lipinski definition) is 4. The van der Waals surface area contributed by atoms with Gasteiger partial charge < -0.3 is 31.5 Å². The molecule has 16 heteroatoms. The van der Waals surface area contributed by atoms with Crippen LogP contribution in [0.4, 0.5) is 34.8 Å². The van der Waals surface area contributed by atoms with Crippen molar-refractivity contribution in [1.29, 1.82) is 0 Å². The van der Waals surface area contributed by atoms with Crippen LogP contribution in [-0.2, 0) is 19.4 Å². The number of nitrogens with zero attached hydrogens (tertiary/aromatic N) is 2. The molecule has 0 aliphatic carbocycles. The number of alkyl halides is 3. The molecule has 0 radical (unpaired) electrons. The molecule has 0 spiro atoms. The van der Waals surface area contributed by atoms with Gasteiger partial charge in [0, 0.05) is 35.1 Å². The molecule has 1 fully saturated rings. The van der Waals surface area contributed by atoms with Gasteiger partial charge in [0.15, 0.2) is 9.84 Å². The van der Waals surface area contributed by atoms with Crippen LogP contribution in [0.3, 0.4) is 0 Å². The first-order chi connectivity index (χ1) is 23.4. The summed E-state index contributed by atoms with van der Waals surface area (Å²) in [7, 11) is -3.68. The van der Waals surface area contributed by atoms with E-state index in [-0.39, 0.29) is 10.5 Å². The lowest BCUT2D eigenvalue weighted by molar-refractivity contribution is -0.192. The Kier molecular flexibility index (Phi) is 11.5. The predicted octanol–water partition coefficient (Wildman–Crippen LogP) is 6.27. The normalized spacial score (nSPS) is 15.4. The number of pyridine rings is 1. The van der Waals surface area contributed by atoms with Crippen LogP contribution in [0.5, 0.6) is 5.75 Å². The number of anilines is 3. The average molecular weight is 720 g/mol. The van der Waals surface area contributed by atoms with Gasteiger partial charge >= 0.3 is 12.1 Å². The monoisotopic (exact) mass is 719 g/mol. The zero-order valence-electron chi connectivity index (χ0n) is 27.4. The zero-order valence-corrected chi connectivity index (χ0v) is 28.2. The molecule has 1 aliphatic rings. The van der Waals surface area contributed by atoms with Crippen LogP contribution in [-0.4, -0.2) is 59.9 Å². The smallest absolute Gasteiger partial charge is 0.490 e. The van der Waals surface area contributed by atoms with E-state index in [9.17, 15) is 26.4 Å². The number of halogens is 4. The standard InChI is InChI=1S/C32H36FN5O4S.C2HF3O2/c1-4-42-23-9-11-27(33)25(18-23)30(37-22-8-10-24-20(16-22)13-14-36-31(24)35)32(39)38-15-5-6-28(38)26-17-21(34)7-12-29(26)43(40,41)19(2)3;3-2(4,5)1(6)7/h7-14,16-19,28,30,37H,4-6,15,34H2,1-3H3,(H2,35,36);(H,6,7)/t28-,30+;/m0./s1. The number of carbonyl (C=O) groups excluding carboxylic acids is 1. The summed E-state index contributed by atoms with van der Waals surface area (Å²) in [6.07, 6.45) is -2.31. The van der Waals surface area contributed by atoms with Gasteiger partial charge in [-0.25, -0.2) is 22.6 Å². The summed E-state index contributed by atoms with van der Waals surface area (Å²) in [5, 5.41) is 11.3. The van der Waals surface area contributed by atoms with Crippen molar-refractivity contribution in [3.8, 4) is 5.75 Å². The molecule has 1 amide bonds. The van der Waals surface area contributed by atoms with Crippen molar-refractivity contribution in [3.63, 3.8) is 0 Å². The molecule has 1 aliphatic heterocycles. The van der Waals surface area contributed by atoms with E-state index in [4.69, 9.17) is 26.1 Å². The number of nitrogens with two attached hydrogens (primary N) is 2. The highest BCUT2D eigenvalue weighted by Crippen LogP contribution is 2.40. The quantitative estimate of drug-likeness (QED) is 0.114. The van der Waals surface area contributed by atoms with Gasteiger partial charge in [-0.15, -0.1) is 0 Å². The molecule has 11 nitrogen and oxygen atoms in total. The van der Waals surface area contributed by atoms with E-state index in [0.29, 0.717) is 54.5 Å². The van der Waals surface area contributed by atoms with E-state index in [0.717, 1.165) is 10.8 Å². The second-order valence-electron chi connectivity index (χ2n) is 11.7. The van der Waals surface area contributed by atoms with Crippen molar-refractivity contribution in [1.82, 2.24) is 9.88 Å². The summed E-state index contributed by atoms with van der Waals surface area (Å²) in [6, 6.07) is 14.5. The maximum atomic E-state index is 15.5. The van der Waals surface area contributed by atoms with E-state index >= 15 is 4.39 Å². The van der Waals surface area contributed by atoms with Crippen LogP contribution in [0, 0.1) is 5.82 Å². The van der Waals surface area contributed by atoms with E-state index in [1.807, 2.05) is 13.0 Å². The van der Waals surface area contributed by atoms with E-state index in [2.05, 4.69) is 10.3 Å². The summed E-state index contributed by atoms with van der Waals surface area (Å²) in [5.41, 5.74) is 13.7. The molecule has 0 saturated carbocycles. The predicted molar refractivity (Wildman–Crippen MR) is 181 cm³/mol. The molecular formula is C34H37F4N5O6S. The van der Waals surface area contributed by atoms with Crippen LogP contribution in [0.1, 0.15) is 56.8 Å². The third kappa shape index (κ3) is 8.35. The van der Waals surface area contributed by atoms with Crippen LogP contribution in [0.15, 0.2) is 71.8 Å². The first-order valence-electron chi connectivity index (χ1n) is 15.5. The van der Waals surface area contributed by atoms with Crippen LogP contribution >= 0.6 is 0 Å². The number of rotatable bonds is 9. The third-order valence-corrected chi connectivity index (χ3v) is 10.3. The number of ether oxygens (including phenoxy) is 1. The molecular weight excluding hydrogens is 682 g/mol. The first-order valence-corrected chi connectivity index (χ1v) is 17.1. The second kappa shape index (κ2) is 15.2. The molecule has 0 bridgehead atoms. The first kappa shape index (κ1) is 37.7. The molecule has 1 saturated heterocycles. The summed E-state index contributed by atoms with van der Waals surface area (Å²) in [6.45, 7) is 5.80. The second-order valence-corrected chi connectivity index (χ2v) is 14.2. The van der Waals surface area contributed by atoms with Crippen molar-refractivity contribution in [2.45, 2.75) is 62.0 Å². The Morgan fingerprint density at radius 1 is 1.08 bits per heavy atom. The van der Waals surface area contributed by atoms with E-state index in [1.165, 1.54) is 24.3 Å². The number of carboxylic acid groups (broad SMARTS) is 1. The number of likely N-dealkylation sites (tertiary alicyclic amines) is 1.